The Morgan fingerprint density at radius 1 is 1.22 bits per heavy atom. The second kappa shape index (κ2) is 5.70. The second-order valence-electron chi connectivity index (χ2n) is 6.81. The second-order valence-corrected chi connectivity index (χ2v) is 6.81. The summed E-state index contributed by atoms with van der Waals surface area (Å²) in [7, 11) is 2.11. The Balaban J connectivity index is 1.78. The predicted molar refractivity (Wildman–Crippen MR) is 72.3 cm³/mol. The molecule has 18 heavy (non-hydrogen) atoms. The highest BCUT2D eigenvalue weighted by Crippen LogP contribution is 2.32. The van der Waals surface area contributed by atoms with E-state index in [1.54, 1.807) is 0 Å². The number of hydrogen-bond acceptors (Lipinski definition) is 3. The van der Waals surface area contributed by atoms with Crippen LogP contribution in [0.3, 0.4) is 0 Å². The molecule has 3 atom stereocenters. The number of carbonyl (C=O) groups is 1. The lowest BCUT2D eigenvalue weighted by Crippen LogP contribution is -2.42. The molecule has 0 amide bonds. The van der Waals surface area contributed by atoms with Crippen molar-refractivity contribution in [1.29, 1.82) is 0 Å². The normalized spacial score (nSPS) is 40.9. The Morgan fingerprint density at radius 2 is 1.89 bits per heavy atom. The average molecular weight is 253 g/mol. The van der Waals surface area contributed by atoms with Crippen molar-refractivity contribution in [3.8, 4) is 0 Å². The molecular formula is C15H27NO2. The standard InChI is InChI=1S/C15H27NO2/c1-10-4-11(2)14(15(18)5-10)9-16(3)8-12-6-13(17)7-12/h10-14,17H,4-9H2,1-3H3. The van der Waals surface area contributed by atoms with Crippen molar-refractivity contribution in [3.05, 3.63) is 0 Å². The molecule has 0 aromatic carbocycles. The van der Waals surface area contributed by atoms with Crippen LogP contribution in [0.2, 0.25) is 0 Å². The van der Waals surface area contributed by atoms with E-state index in [0.29, 0.717) is 23.5 Å². The smallest absolute Gasteiger partial charge is 0.137 e. The maximum atomic E-state index is 12.1. The van der Waals surface area contributed by atoms with Crippen LogP contribution in [0.15, 0.2) is 0 Å². The third-order valence-electron chi connectivity index (χ3n) is 4.71. The van der Waals surface area contributed by atoms with Crippen molar-refractivity contribution in [2.75, 3.05) is 20.1 Å². The van der Waals surface area contributed by atoms with Gasteiger partial charge in [0.15, 0.2) is 0 Å². The quantitative estimate of drug-likeness (QED) is 0.832. The molecule has 3 heteroatoms. The van der Waals surface area contributed by atoms with Crippen LogP contribution in [0, 0.1) is 23.7 Å². The highest BCUT2D eigenvalue weighted by Gasteiger charge is 2.34. The van der Waals surface area contributed by atoms with Crippen molar-refractivity contribution < 1.29 is 9.90 Å². The van der Waals surface area contributed by atoms with E-state index in [0.717, 1.165) is 32.4 Å². The van der Waals surface area contributed by atoms with Gasteiger partial charge in [0.25, 0.3) is 0 Å². The summed E-state index contributed by atoms with van der Waals surface area (Å²) in [5.41, 5.74) is 0. The fraction of sp³-hybridized carbons (Fsp3) is 0.933. The van der Waals surface area contributed by atoms with Crippen LogP contribution < -0.4 is 0 Å². The van der Waals surface area contributed by atoms with Crippen molar-refractivity contribution >= 4 is 5.78 Å². The van der Waals surface area contributed by atoms with E-state index in [1.165, 1.54) is 6.42 Å². The van der Waals surface area contributed by atoms with Gasteiger partial charge in [0.1, 0.15) is 5.78 Å². The number of nitrogens with zero attached hydrogens (tertiary/aromatic N) is 1. The van der Waals surface area contributed by atoms with Crippen molar-refractivity contribution in [3.63, 3.8) is 0 Å². The van der Waals surface area contributed by atoms with Gasteiger partial charge in [-0.2, -0.15) is 0 Å². The van der Waals surface area contributed by atoms with Crippen LogP contribution in [-0.2, 0) is 4.79 Å². The molecule has 0 radical (unpaired) electrons. The minimum atomic E-state index is -0.0699. The molecule has 0 aromatic heterocycles. The molecule has 0 bridgehead atoms. The molecule has 2 rings (SSSR count). The summed E-state index contributed by atoms with van der Waals surface area (Å²) in [6.45, 7) is 6.34. The summed E-state index contributed by atoms with van der Waals surface area (Å²) in [6.07, 6.45) is 3.77. The Hall–Kier alpha value is -0.410. The number of hydrogen-bond donors (Lipinski definition) is 1. The third kappa shape index (κ3) is 3.33. The molecule has 3 nitrogen and oxygen atoms in total. The molecular weight excluding hydrogens is 226 g/mol. The summed E-state index contributed by atoms with van der Waals surface area (Å²) in [5, 5.41) is 9.29. The van der Waals surface area contributed by atoms with Gasteiger partial charge in [0.05, 0.1) is 6.10 Å². The minimum Gasteiger partial charge on any atom is -0.393 e. The first-order chi connectivity index (χ1) is 8.45. The fourth-order valence-corrected chi connectivity index (χ4v) is 3.68. The first-order valence-corrected chi connectivity index (χ1v) is 7.35. The zero-order valence-electron chi connectivity index (χ0n) is 11.9. The number of ketones is 1. The molecule has 2 aliphatic carbocycles. The third-order valence-corrected chi connectivity index (χ3v) is 4.71. The first-order valence-electron chi connectivity index (χ1n) is 7.35. The molecule has 3 unspecified atom stereocenters. The van der Waals surface area contributed by atoms with E-state index in [2.05, 4.69) is 25.8 Å². The average Bonchev–Trinajstić information content (AvgIpc) is 2.21. The fourth-order valence-electron chi connectivity index (χ4n) is 3.68. The summed E-state index contributed by atoms with van der Waals surface area (Å²) < 4.78 is 0. The number of Topliss-reactive ketones (excluding diaryl/α,β-unsaturated/α-hetero) is 1. The molecule has 2 aliphatic rings. The Bertz CT molecular complexity index is 299. The van der Waals surface area contributed by atoms with Crippen LogP contribution >= 0.6 is 0 Å². The minimum absolute atomic E-state index is 0.0699. The van der Waals surface area contributed by atoms with Crippen LogP contribution in [-0.4, -0.2) is 42.0 Å². The zero-order valence-corrected chi connectivity index (χ0v) is 11.9. The Labute approximate surface area is 111 Å². The van der Waals surface area contributed by atoms with E-state index < -0.39 is 0 Å². The van der Waals surface area contributed by atoms with Crippen molar-refractivity contribution in [2.45, 2.75) is 45.6 Å². The van der Waals surface area contributed by atoms with Crippen LogP contribution in [0.1, 0.15) is 39.5 Å². The van der Waals surface area contributed by atoms with E-state index in [4.69, 9.17) is 0 Å². The van der Waals surface area contributed by atoms with Gasteiger partial charge in [-0.1, -0.05) is 13.8 Å². The molecule has 2 saturated carbocycles. The van der Waals surface area contributed by atoms with Crippen molar-refractivity contribution in [1.82, 2.24) is 4.90 Å². The maximum absolute atomic E-state index is 12.1. The molecule has 0 aliphatic heterocycles. The topological polar surface area (TPSA) is 40.5 Å². The SMILES string of the molecule is CC1CC(=O)C(CN(C)CC2CC(O)C2)C(C)C1. The van der Waals surface area contributed by atoms with E-state index in [-0.39, 0.29) is 12.0 Å². The largest absolute Gasteiger partial charge is 0.393 e. The van der Waals surface area contributed by atoms with Gasteiger partial charge >= 0.3 is 0 Å². The van der Waals surface area contributed by atoms with Gasteiger partial charge in [-0.15, -0.1) is 0 Å². The van der Waals surface area contributed by atoms with E-state index in [1.807, 2.05) is 0 Å². The molecule has 1 N–H and O–H groups in total. The Morgan fingerprint density at radius 3 is 2.44 bits per heavy atom. The number of rotatable bonds is 4. The first kappa shape index (κ1) is 14.0. The highest BCUT2D eigenvalue weighted by molar-refractivity contribution is 5.82. The summed E-state index contributed by atoms with van der Waals surface area (Å²) in [5.74, 6) is 2.42. The number of aliphatic hydroxyl groups excluding tert-OH is 1. The van der Waals surface area contributed by atoms with E-state index in [9.17, 15) is 9.90 Å². The highest BCUT2D eigenvalue weighted by atomic mass is 16.3. The molecule has 0 saturated heterocycles. The van der Waals surface area contributed by atoms with Crippen LogP contribution in [0.5, 0.6) is 0 Å². The summed E-state index contributed by atoms with van der Waals surface area (Å²) in [4.78, 5) is 14.4. The monoisotopic (exact) mass is 253 g/mol. The molecule has 0 aromatic rings. The van der Waals surface area contributed by atoms with Gasteiger partial charge in [-0.05, 0) is 44.1 Å². The van der Waals surface area contributed by atoms with Gasteiger partial charge in [-0.3, -0.25) is 4.79 Å². The number of aliphatic hydroxyl groups is 1. The molecule has 104 valence electrons. The molecule has 0 spiro atoms. The maximum Gasteiger partial charge on any atom is 0.137 e. The predicted octanol–water partition coefficient (Wildman–Crippen LogP) is 1.94. The molecule has 0 heterocycles. The summed E-state index contributed by atoms with van der Waals surface area (Å²) in [6, 6.07) is 0. The lowest BCUT2D eigenvalue weighted by atomic mass is 9.74. The van der Waals surface area contributed by atoms with Gasteiger partial charge in [0, 0.05) is 25.4 Å². The van der Waals surface area contributed by atoms with Gasteiger partial charge < -0.3 is 10.0 Å². The van der Waals surface area contributed by atoms with Crippen LogP contribution in [0.4, 0.5) is 0 Å². The van der Waals surface area contributed by atoms with Crippen LogP contribution in [0.25, 0.3) is 0 Å². The van der Waals surface area contributed by atoms with E-state index >= 15 is 0 Å². The lowest BCUT2D eigenvalue weighted by molar-refractivity contribution is -0.128. The lowest BCUT2D eigenvalue weighted by Gasteiger charge is -2.38. The van der Waals surface area contributed by atoms with Gasteiger partial charge in [0.2, 0.25) is 0 Å². The molecule has 2 fully saturated rings. The summed E-state index contributed by atoms with van der Waals surface area (Å²) >= 11 is 0. The van der Waals surface area contributed by atoms with Gasteiger partial charge in [-0.25, -0.2) is 0 Å². The zero-order chi connectivity index (χ0) is 13.3. The number of carbonyl (C=O) groups excluding carboxylic acids is 1. The van der Waals surface area contributed by atoms with Crippen molar-refractivity contribution in [2.24, 2.45) is 23.7 Å². The Kier molecular flexibility index (Phi) is 4.44.